The summed E-state index contributed by atoms with van der Waals surface area (Å²) in [6, 6.07) is 16.8. The van der Waals surface area contributed by atoms with Gasteiger partial charge in [-0.2, -0.15) is 0 Å². The van der Waals surface area contributed by atoms with Crippen molar-refractivity contribution in [2.45, 2.75) is 6.42 Å². The first-order chi connectivity index (χ1) is 11.3. The third-order valence-electron chi connectivity index (χ3n) is 4.24. The summed E-state index contributed by atoms with van der Waals surface area (Å²) in [6.07, 6.45) is 12.1. The van der Waals surface area contributed by atoms with Crippen molar-refractivity contribution in [2.24, 2.45) is 10.9 Å². The molecule has 0 N–H and O–H groups in total. The lowest BCUT2D eigenvalue weighted by molar-refractivity contribution is 0.837. The van der Waals surface area contributed by atoms with Crippen molar-refractivity contribution in [1.82, 2.24) is 0 Å². The first kappa shape index (κ1) is 14.4. The molecule has 0 spiro atoms. The normalized spacial score (nSPS) is 20.5. The fourth-order valence-corrected chi connectivity index (χ4v) is 3.60. The van der Waals surface area contributed by atoms with Crippen LogP contribution in [0.1, 0.15) is 23.1 Å². The molecule has 2 aromatic carbocycles. The molecule has 23 heavy (non-hydrogen) atoms. The van der Waals surface area contributed by atoms with Gasteiger partial charge in [0.05, 0.1) is 5.70 Å². The highest BCUT2D eigenvalue weighted by atomic mass is 79.9. The fraction of sp³-hybridized carbons (Fsp3) is 0.0952. The fourth-order valence-electron chi connectivity index (χ4n) is 3.08. The summed E-state index contributed by atoms with van der Waals surface area (Å²) in [7, 11) is 0. The second kappa shape index (κ2) is 6.13. The minimum atomic E-state index is 0.360. The zero-order valence-electron chi connectivity index (χ0n) is 12.6. The van der Waals surface area contributed by atoms with Crippen LogP contribution in [0.15, 0.2) is 76.2 Å². The predicted octanol–water partition coefficient (Wildman–Crippen LogP) is 5.99. The molecule has 0 fully saturated rings. The maximum absolute atomic E-state index is 4.80. The molecule has 1 nitrogen and oxygen atoms in total. The number of nitrogens with zero attached hydrogens (tertiary/aromatic N) is 1. The summed E-state index contributed by atoms with van der Waals surface area (Å²) >= 11 is 3.65. The zero-order valence-corrected chi connectivity index (χ0v) is 14.2. The van der Waals surface area contributed by atoms with Crippen molar-refractivity contribution in [3.8, 4) is 0 Å². The van der Waals surface area contributed by atoms with E-state index in [-0.39, 0.29) is 0 Å². The molecule has 2 aromatic rings. The minimum Gasteiger partial charge on any atom is -0.256 e. The van der Waals surface area contributed by atoms with Crippen molar-refractivity contribution >= 4 is 39.5 Å². The van der Waals surface area contributed by atoms with Crippen molar-refractivity contribution in [3.63, 3.8) is 0 Å². The Morgan fingerprint density at radius 1 is 0.913 bits per heavy atom. The standard InChI is InChI=1S/C21H16BrN/c22-20-11-4-3-9-18(20)17-12-15-6-5-8-16-7-1-2-10-19(16)21(13-15)23-14-17/h1-5,7-15H,6H2/b8-5-. The summed E-state index contributed by atoms with van der Waals surface area (Å²) in [5.74, 6) is 0.360. The van der Waals surface area contributed by atoms with Crippen LogP contribution in [0, 0.1) is 5.92 Å². The van der Waals surface area contributed by atoms with E-state index in [1.165, 1.54) is 22.3 Å². The van der Waals surface area contributed by atoms with Gasteiger partial charge in [0, 0.05) is 22.2 Å². The Hall–Kier alpha value is -2.19. The maximum atomic E-state index is 4.80. The van der Waals surface area contributed by atoms with Crippen LogP contribution in [0.25, 0.3) is 17.3 Å². The van der Waals surface area contributed by atoms with Gasteiger partial charge in [-0.15, -0.1) is 0 Å². The van der Waals surface area contributed by atoms with E-state index in [2.05, 4.69) is 82.7 Å². The number of allylic oxidation sites excluding steroid dienone is 4. The van der Waals surface area contributed by atoms with Crippen LogP contribution >= 0.6 is 15.9 Å². The summed E-state index contributed by atoms with van der Waals surface area (Å²) in [5, 5.41) is 0. The third kappa shape index (κ3) is 2.87. The van der Waals surface area contributed by atoms with E-state index in [0.717, 1.165) is 16.6 Å². The molecule has 2 bridgehead atoms. The predicted molar refractivity (Wildman–Crippen MR) is 102 cm³/mol. The van der Waals surface area contributed by atoms with E-state index in [1.807, 2.05) is 12.3 Å². The Balaban J connectivity index is 1.82. The molecule has 0 amide bonds. The molecule has 0 radical (unpaired) electrons. The minimum absolute atomic E-state index is 0.360. The van der Waals surface area contributed by atoms with Gasteiger partial charge in [0.25, 0.3) is 0 Å². The molecule has 1 atom stereocenters. The van der Waals surface area contributed by atoms with Crippen LogP contribution in [0.3, 0.4) is 0 Å². The van der Waals surface area contributed by atoms with Gasteiger partial charge in [0.2, 0.25) is 0 Å². The van der Waals surface area contributed by atoms with Crippen molar-refractivity contribution in [1.29, 1.82) is 0 Å². The van der Waals surface area contributed by atoms with E-state index >= 15 is 0 Å². The van der Waals surface area contributed by atoms with E-state index in [0.29, 0.717) is 5.92 Å². The Bertz CT molecular complexity index is 871. The largest absolute Gasteiger partial charge is 0.256 e. The average Bonchev–Trinajstić information content (AvgIpc) is 2.78. The van der Waals surface area contributed by atoms with Crippen molar-refractivity contribution in [2.75, 3.05) is 0 Å². The van der Waals surface area contributed by atoms with Gasteiger partial charge in [-0.1, -0.05) is 82.7 Å². The number of hydrogen-bond acceptors (Lipinski definition) is 1. The quantitative estimate of drug-likeness (QED) is 0.591. The van der Waals surface area contributed by atoms with Gasteiger partial charge in [-0.25, -0.2) is 0 Å². The Kier molecular flexibility index (Phi) is 3.84. The van der Waals surface area contributed by atoms with Gasteiger partial charge >= 0.3 is 0 Å². The Morgan fingerprint density at radius 3 is 2.57 bits per heavy atom. The lowest BCUT2D eigenvalue weighted by Gasteiger charge is -2.12. The molecule has 0 saturated heterocycles. The molecule has 1 aliphatic carbocycles. The molecular formula is C21H16BrN. The first-order valence-corrected chi connectivity index (χ1v) is 8.59. The number of halogens is 1. The zero-order chi connectivity index (χ0) is 15.6. The van der Waals surface area contributed by atoms with Crippen LogP contribution < -0.4 is 0 Å². The van der Waals surface area contributed by atoms with Gasteiger partial charge < -0.3 is 0 Å². The molecule has 1 aliphatic heterocycles. The molecule has 1 heterocycles. The second-order valence-electron chi connectivity index (χ2n) is 5.80. The van der Waals surface area contributed by atoms with Gasteiger partial charge in [0.15, 0.2) is 0 Å². The van der Waals surface area contributed by atoms with Crippen molar-refractivity contribution in [3.05, 3.63) is 87.9 Å². The number of rotatable bonds is 1. The van der Waals surface area contributed by atoms with E-state index < -0.39 is 0 Å². The van der Waals surface area contributed by atoms with Crippen LogP contribution in [0.2, 0.25) is 0 Å². The van der Waals surface area contributed by atoms with E-state index in [4.69, 9.17) is 4.99 Å². The molecule has 112 valence electrons. The lowest BCUT2D eigenvalue weighted by atomic mass is 9.93. The topological polar surface area (TPSA) is 12.4 Å². The second-order valence-corrected chi connectivity index (χ2v) is 6.66. The molecule has 2 heteroatoms. The van der Waals surface area contributed by atoms with Gasteiger partial charge in [0.1, 0.15) is 0 Å². The summed E-state index contributed by atoms with van der Waals surface area (Å²) in [5.41, 5.74) is 5.85. The third-order valence-corrected chi connectivity index (χ3v) is 4.93. The Morgan fingerprint density at radius 2 is 1.70 bits per heavy atom. The van der Waals surface area contributed by atoms with Crippen molar-refractivity contribution < 1.29 is 0 Å². The van der Waals surface area contributed by atoms with E-state index in [9.17, 15) is 0 Å². The summed E-state index contributed by atoms with van der Waals surface area (Å²) in [6.45, 7) is 0. The molecular weight excluding hydrogens is 346 g/mol. The molecule has 1 unspecified atom stereocenters. The number of benzene rings is 2. The monoisotopic (exact) mass is 361 g/mol. The molecule has 0 aromatic heterocycles. The maximum Gasteiger partial charge on any atom is 0.0674 e. The smallest absolute Gasteiger partial charge is 0.0674 e. The molecule has 2 aliphatic rings. The highest BCUT2D eigenvalue weighted by Crippen LogP contribution is 2.33. The van der Waals surface area contributed by atoms with Crippen LogP contribution in [-0.4, -0.2) is 6.21 Å². The highest BCUT2D eigenvalue weighted by Gasteiger charge is 2.15. The summed E-state index contributed by atoms with van der Waals surface area (Å²) < 4.78 is 1.10. The number of hydrogen-bond donors (Lipinski definition) is 0. The number of fused-ring (bicyclic) bond motifs is 3. The average molecular weight is 362 g/mol. The van der Waals surface area contributed by atoms with Gasteiger partial charge in [-0.05, 0) is 29.2 Å². The Labute approximate surface area is 144 Å². The SMILES string of the molecule is Brc1ccccc1C1=CC2C=C(N=C1)c1ccccc1/C=C\C2. The van der Waals surface area contributed by atoms with Crippen LogP contribution in [-0.2, 0) is 0 Å². The number of aliphatic imine (C=N–C) groups is 1. The van der Waals surface area contributed by atoms with Gasteiger partial charge in [-0.3, -0.25) is 4.99 Å². The summed E-state index contributed by atoms with van der Waals surface area (Å²) in [4.78, 5) is 4.80. The van der Waals surface area contributed by atoms with Crippen LogP contribution in [0.4, 0.5) is 0 Å². The first-order valence-electron chi connectivity index (χ1n) is 7.80. The molecule has 4 rings (SSSR count). The molecule has 0 saturated carbocycles. The highest BCUT2D eigenvalue weighted by molar-refractivity contribution is 9.10. The van der Waals surface area contributed by atoms with Crippen LogP contribution in [0.5, 0.6) is 0 Å². The van der Waals surface area contributed by atoms with E-state index in [1.54, 1.807) is 0 Å². The lowest BCUT2D eigenvalue weighted by Crippen LogP contribution is -1.96.